The Labute approximate surface area is 115 Å². The van der Waals surface area contributed by atoms with Crippen molar-refractivity contribution in [3.63, 3.8) is 0 Å². The maximum atomic E-state index is 11.9. The molecule has 1 fully saturated rings. The van der Waals surface area contributed by atoms with Crippen molar-refractivity contribution < 1.29 is 14.3 Å². The standard InChI is InChI=1S/C13H25N3O3/c1-13(2,3)19-12(18)16-9-7-15(8-10-16)11(17)5-6-14-4/h14H,5-10H2,1-4H3. The highest BCUT2D eigenvalue weighted by Crippen LogP contribution is 2.12. The van der Waals surface area contributed by atoms with Gasteiger partial charge in [0.15, 0.2) is 0 Å². The average molecular weight is 271 g/mol. The van der Waals surface area contributed by atoms with Crippen LogP contribution in [0.3, 0.4) is 0 Å². The van der Waals surface area contributed by atoms with E-state index < -0.39 is 5.60 Å². The molecule has 2 amide bonds. The number of amides is 2. The molecule has 1 rings (SSSR count). The third kappa shape index (κ3) is 5.46. The maximum absolute atomic E-state index is 11.9. The molecule has 0 bridgehead atoms. The monoisotopic (exact) mass is 271 g/mol. The summed E-state index contributed by atoms with van der Waals surface area (Å²) in [6, 6.07) is 0. The quantitative estimate of drug-likeness (QED) is 0.820. The van der Waals surface area contributed by atoms with E-state index in [9.17, 15) is 9.59 Å². The van der Waals surface area contributed by atoms with Gasteiger partial charge in [-0.05, 0) is 27.8 Å². The Morgan fingerprint density at radius 2 is 1.63 bits per heavy atom. The van der Waals surface area contributed by atoms with Gasteiger partial charge < -0.3 is 19.9 Å². The van der Waals surface area contributed by atoms with Gasteiger partial charge in [-0.3, -0.25) is 4.79 Å². The fourth-order valence-electron chi connectivity index (χ4n) is 1.85. The van der Waals surface area contributed by atoms with Crippen LogP contribution in [0.5, 0.6) is 0 Å². The maximum Gasteiger partial charge on any atom is 0.410 e. The first-order valence-corrected chi connectivity index (χ1v) is 6.74. The summed E-state index contributed by atoms with van der Waals surface area (Å²) in [5, 5.41) is 2.96. The van der Waals surface area contributed by atoms with Crippen LogP contribution < -0.4 is 5.32 Å². The van der Waals surface area contributed by atoms with Gasteiger partial charge in [-0.1, -0.05) is 0 Å². The first-order chi connectivity index (χ1) is 8.83. The lowest BCUT2D eigenvalue weighted by atomic mass is 10.2. The van der Waals surface area contributed by atoms with Crippen LogP contribution in [-0.4, -0.2) is 67.2 Å². The molecule has 0 saturated carbocycles. The first kappa shape index (κ1) is 15.8. The van der Waals surface area contributed by atoms with Crippen LogP contribution in [-0.2, 0) is 9.53 Å². The summed E-state index contributed by atoms with van der Waals surface area (Å²) in [4.78, 5) is 27.1. The highest BCUT2D eigenvalue weighted by molar-refractivity contribution is 5.77. The van der Waals surface area contributed by atoms with Crippen molar-refractivity contribution in [1.29, 1.82) is 0 Å². The van der Waals surface area contributed by atoms with Gasteiger partial charge in [-0.2, -0.15) is 0 Å². The van der Waals surface area contributed by atoms with E-state index in [4.69, 9.17) is 4.74 Å². The predicted molar refractivity (Wildman–Crippen MR) is 72.9 cm³/mol. The van der Waals surface area contributed by atoms with Crippen molar-refractivity contribution in [3.05, 3.63) is 0 Å². The van der Waals surface area contributed by atoms with Gasteiger partial charge in [0.05, 0.1) is 0 Å². The fourth-order valence-corrected chi connectivity index (χ4v) is 1.85. The molecule has 0 spiro atoms. The molecule has 0 unspecified atom stereocenters. The number of piperazine rings is 1. The zero-order valence-electron chi connectivity index (χ0n) is 12.4. The molecule has 110 valence electrons. The molecule has 0 aromatic rings. The number of hydrogen-bond acceptors (Lipinski definition) is 4. The van der Waals surface area contributed by atoms with E-state index in [0.717, 1.165) is 0 Å². The summed E-state index contributed by atoms with van der Waals surface area (Å²) in [6.45, 7) is 8.49. The molecule has 1 N–H and O–H groups in total. The fraction of sp³-hybridized carbons (Fsp3) is 0.846. The third-order valence-electron chi connectivity index (χ3n) is 2.87. The lowest BCUT2D eigenvalue weighted by molar-refractivity contribution is -0.132. The van der Waals surface area contributed by atoms with Gasteiger partial charge in [0.25, 0.3) is 0 Å². The number of carbonyl (C=O) groups is 2. The predicted octanol–water partition coefficient (Wildman–Crippen LogP) is 0.675. The molecule has 6 nitrogen and oxygen atoms in total. The van der Waals surface area contributed by atoms with Gasteiger partial charge >= 0.3 is 6.09 Å². The largest absolute Gasteiger partial charge is 0.444 e. The lowest BCUT2D eigenvalue weighted by Gasteiger charge is -2.35. The minimum absolute atomic E-state index is 0.137. The van der Waals surface area contributed by atoms with Crippen LogP contribution in [0, 0.1) is 0 Å². The van der Waals surface area contributed by atoms with Crippen LogP contribution in [0.2, 0.25) is 0 Å². The summed E-state index contributed by atoms with van der Waals surface area (Å²) in [7, 11) is 1.83. The van der Waals surface area contributed by atoms with Crippen LogP contribution in [0.1, 0.15) is 27.2 Å². The van der Waals surface area contributed by atoms with E-state index in [1.54, 1.807) is 9.80 Å². The first-order valence-electron chi connectivity index (χ1n) is 6.74. The van der Waals surface area contributed by atoms with Gasteiger partial charge in [0, 0.05) is 39.1 Å². The number of nitrogens with one attached hydrogen (secondary N) is 1. The Balaban J connectivity index is 2.36. The number of ether oxygens (including phenoxy) is 1. The minimum Gasteiger partial charge on any atom is -0.444 e. The van der Waals surface area contributed by atoms with Gasteiger partial charge in [0.1, 0.15) is 5.60 Å². The molecule has 0 aromatic carbocycles. The number of nitrogens with zero attached hydrogens (tertiary/aromatic N) is 2. The van der Waals surface area contributed by atoms with Crippen molar-refractivity contribution in [2.75, 3.05) is 39.8 Å². The van der Waals surface area contributed by atoms with Crippen molar-refractivity contribution in [2.24, 2.45) is 0 Å². The number of hydrogen-bond donors (Lipinski definition) is 1. The normalized spacial score (nSPS) is 16.4. The van der Waals surface area contributed by atoms with Gasteiger partial charge in [0.2, 0.25) is 5.91 Å². The SMILES string of the molecule is CNCCC(=O)N1CCN(C(=O)OC(C)(C)C)CC1. The molecule has 1 saturated heterocycles. The molecule has 0 radical (unpaired) electrons. The van der Waals surface area contributed by atoms with Crippen molar-refractivity contribution in [3.8, 4) is 0 Å². The van der Waals surface area contributed by atoms with Crippen LogP contribution in [0.4, 0.5) is 4.79 Å². The number of rotatable bonds is 3. The molecule has 19 heavy (non-hydrogen) atoms. The molecule has 1 aliphatic heterocycles. The highest BCUT2D eigenvalue weighted by Gasteiger charge is 2.27. The average Bonchev–Trinajstić information content (AvgIpc) is 2.34. The summed E-state index contributed by atoms with van der Waals surface area (Å²) in [5.74, 6) is 0.137. The Morgan fingerprint density at radius 3 is 2.11 bits per heavy atom. The van der Waals surface area contributed by atoms with Crippen molar-refractivity contribution >= 4 is 12.0 Å². The van der Waals surface area contributed by atoms with Gasteiger partial charge in [-0.15, -0.1) is 0 Å². The van der Waals surface area contributed by atoms with Gasteiger partial charge in [-0.25, -0.2) is 4.79 Å². The van der Waals surface area contributed by atoms with E-state index in [2.05, 4.69) is 5.32 Å². The number of carbonyl (C=O) groups excluding carboxylic acids is 2. The molecular formula is C13H25N3O3. The highest BCUT2D eigenvalue weighted by atomic mass is 16.6. The Kier molecular flexibility index (Phi) is 5.60. The molecular weight excluding hydrogens is 246 g/mol. The van der Waals surface area contributed by atoms with Crippen LogP contribution in [0.25, 0.3) is 0 Å². The second-order valence-electron chi connectivity index (χ2n) is 5.70. The Bertz CT molecular complexity index is 318. The van der Waals surface area contributed by atoms with Crippen LogP contribution in [0.15, 0.2) is 0 Å². The summed E-state index contributed by atoms with van der Waals surface area (Å²) < 4.78 is 5.31. The Morgan fingerprint density at radius 1 is 1.11 bits per heavy atom. The molecule has 1 aliphatic rings. The van der Waals surface area contributed by atoms with E-state index in [1.165, 1.54) is 0 Å². The third-order valence-corrected chi connectivity index (χ3v) is 2.87. The molecule has 0 atom stereocenters. The summed E-state index contributed by atoms with van der Waals surface area (Å²) in [6.07, 6.45) is 0.206. The zero-order chi connectivity index (χ0) is 14.5. The van der Waals surface area contributed by atoms with E-state index in [0.29, 0.717) is 39.1 Å². The Hall–Kier alpha value is -1.30. The minimum atomic E-state index is -0.475. The summed E-state index contributed by atoms with van der Waals surface area (Å²) in [5.41, 5.74) is -0.475. The van der Waals surface area contributed by atoms with Crippen LogP contribution >= 0.6 is 0 Å². The summed E-state index contributed by atoms with van der Waals surface area (Å²) >= 11 is 0. The van der Waals surface area contributed by atoms with Crippen molar-refractivity contribution in [1.82, 2.24) is 15.1 Å². The second kappa shape index (κ2) is 6.75. The van der Waals surface area contributed by atoms with E-state index >= 15 is 0 Å². The molecule has 0 aliphatic carbocycles. The smallest absolute Gasteiger partial charge is 0.410 e. The topological polar surface area (TPSA) is 61.9 Å². The van der Waals surface area contributed by atoms with E-state index in [-0.39, 0.29) is 12.0 Å². The lowest BCUT2D eigenvalue weighted by Crippen LogP contribution is -2.51. The molecule has 6 heteroatoms. The zero-order valence-corrected chi connectivity index (χ0v) is 12.4. The van der Waals surface area contributed by atoms with E-state index in [1.807, 2.05) is 27.8 Å². The molecule has 0 aromatic heterocycles. The van der Waals surface area contributed by atoms with Crippen molar-refractivity contribution in [2.45, 2.75) is 32.8 Å². The second-order valence-corrected chi connectivity index (χ2v) is 5.70. The molecule has 1 heterocycles.